The zero-order valence-corrected chi connectivity index (χ0v) is 14.7. The van der Waals surface area contributed by atoms with Crippen molar-refractivity contribution in [3.63, 3.8) is 0 Å². The highest BCUT2D eigenvalue weighted by atomic mass is 35.5. The van der Waals surface area contributed by atoms with Gasteiger partial charge >= 0.3 is 0 Å². The minimum atomic E-state index is 0.626. The van der Waals surface area contributed by atoms with E-state index in [0.717, 1.165) is 42.1 Å². The van der Waals surface area contributed by atoms with Gasteiger partial charge in [-0.2, -0.15) is 0 Å². The summed E-state index contributed by atoms with van der Waals surface area (Å²) in [6, 6.07) is 13.3. The monoisotopic (exact) mass is 346 g/mol. The average Bonchev–Trinajstić information content (AvgIpc) is 2.60. The van der Waals surface area contributed by atoms with Gasteiger partial charge in [-0.05, 0) is 61.2 Å². The van der Waals surface area contributed by atoms with Crippen LogP contribution in [0.15, 0.2) is 55.1 Å². The number of unbranched alkanes of at least 4 members (excludes halogenated alkanes) is 1. The predicted molar refractivity (Wildman–Crippen MR) is 98.6 cm³/mol. The van der Waals surface area contributed by atoms with E-state index in [1.165, 1.54) is 0 Å². The first-order valence-electron chi connectivity index (χ1n) is 8.02. The summed E-state index contributed by atoms with van der Waals surface area (Å²) in [5.74, 6) is 2.36. The van der Waals surface area contributed by atoms with Gasteiger partial charge in [0, 0.05) is 5.02 Å². The van der Waals surface area contributed by atoms with E-state index in [-0.39, 0.29) is 0 Å². The third-order valence-electron chi connectivity index (χ3n) is 3.49. The lowest BCUT2D eigenvalue weighted by Crippen LogP contribution is -2.03. The summed E-state index contributed by atoms with van der Waals surface area (Å²) < 4.78 is 16.8. The van der Waals surface area contributed by atoms with Gasteiger partial charge in [0.05, 0.1) is 20.3 Å². The third-order valence-corrected chi connectivity index (χ3v) is 3.74. The second-order valence-electron chi connectivity index (χ2n) is 5.34. The van der Waals surface area contributed by atoms with Crippen LogP contribution in [0.4, 0.5) is 0 Å². The normalized spacial score (nSPS) is 10.2. The van der Waals surface area contributed by atoms with Crippen LogP contribution >= 0.6 is 11.6 Å². The Hall–Kier alpha value is -2.13. The van der Waals surface area contributed by atoms with E-state index in [1.807, 2.05) is 48.5 Å². The molecule has 128 valence electrons. The maximum absolute atomic E-state index is 5.84. The molecule has 0 spiro atoms. The number of benzene rings is 2. The summed E-state index contributed by atoms with van der Waals surface area (Å²) in [4.78, 5) is 0. The molecule has 0 saturated heterocycles. The highest BCUT2D eigenvalue weighted by molar-refractivity contribution is 6.30. The van der Waals surface area contributed by atoms with Crippen molar-refractivity contribution in [3.05, 3.63) is 65.7 Å². The number of hydrogen-bond acceptors (Lipinski definition) is 3. The first-order valence-corrected chi connectivity index (χ1v) is 8.39. The molecule has 0 aromatic heterocycles. The Morgan fingerprint density at radius 1 is 0.958 bits per heavy atom. The minimum absolute atomic E-state index is 0.626. The fraction of sp³-hybridized carbons (Fsp3) is 0.300. The average molecular weight is 347 g/mol. The Kier molecular flexibility index (Phi) is 7.50. The fourth-order valence-electron chi connectivity index (χ4n) is 2.23. The molecule has 0 aliphatic carbocycles. The zero-order valence-electron chi connectivity index (χ0n) is 14.0. The van der Waals surface area contributed by atoms with E-state index in [2.05, 4.69) is 6.58 Å². The van der Waals surface area contributed by atoms with E-state index in [1.54, 1.807) is 7.11 Å². The molecule has 0 radical (unpaired) electrons. The molecule has 0 atom stereocenters. The van der Waals surface area contributed by atoms with Crippen LogP contribution < -0.4 is 14.2 Å². The van der Waals surface area contributed by atoms with Crippen molar-refractivity contribution in [1.82, 2.24) is 0 Å². The molecular weight excluding hydrogens is 324 g/mol. The highest BCUT2D eigenvalue weighted by Crippen LogP contribution is 2.28. The number of halogens is 1. The lowest BCUT2D eigenvalue weighted by Gasteiger charge is -2.12. The van der Waals surface area contributed by atoms with Gasteiger partial charge < -0.3 is 14.2 Å². The number of allylic oxidation sites excluding steroid dienone is 1. The van der Waals surface area contributed by atoms with Crippen LogP contribution in [0.3, 0.4) is 0 Å². The summed E-state index contributed by atoms with van der Waals surface area (Å²) in [6.07, 6.45) is 4.51. The highest BCUT2D eigenvalue weighted by Gasteiger charge is 2.05. The molecule has 0 saturated carbocycles. The molecule has 24 heavy (non-hydrogen) atoms. The van der Waals surface area contributed by atoms with E-state index in [4.69, 9.17) is 25.8 Å². The lowest BCUT2D eigenvalue weighted by atomic mass is 10.1. The molecule has 0 aliphatic heterocycles. The minimum Gasteiger partial charge on any atom is -0.494 e. The molecule has 0 bridgehead atoms. The van der Waals surface area contributed by atoms with Crippen LogP contribution in [-0.2, 0) is 6.42 Å². The molecule has 0 amide bonds. The summed E-state index contributed by atoms with van der Waals surface area (Å²) in [7, 11) is 1.65. The Morgan fingerprint density at radius 3 is 2.33 bits per heavy atom. The Labute approximate surface area is 148 Å². The van der Waals surface area contributed by atoms with Gasteiger partial charge in [-0.15, -0.1) is 6.58 Å². The molecular formula is C20H23ClO3. The van der Waals surface area contributed by atoms with Crippen molar-refractivity contribution < 1.29 is 14.2 Å². The Bertz CT molecular complexity index is 638. The SMILES string of the molecule is C=CCc1ccc(OCCCCOc2ccc(Cl)cc2)c(OC)c1. The second-order valence-corrected chi connectivity index (χ2v) is 5.77. The van der Waals surface area contributed by atoms with E-state index >= 15 is 0 Å². The Morgan fingerprint density at radius 2 is 1.67 bits per heavy atom. The van der Waals surface area contributed by atoms with Crippen molar-refractivity contribution in [2.24, 2.45) is 0 Å². The summed E-state index contributed by atoms with van der Waals surface area (Å²) >= 11 is 5.84. The topological polar surface area (TPSA) is 27.7 Å². The first kappa shape index (κ1) is 18.2. The van der Waals surface area contributed by atoms with Gasteiger partial charge in [0.25, 0.3) is 0 Å². The van der Waals surface area contributed by atoms with Gasteiger partial charge in [-0.1, -0.05) is 23.7 Å². The third kappa shape index (κ3) is 5.82. The van der Waals surface area contributed by atoms with E-state index < -0.39 is 0 Å². The summed E-state index contributed by atoms with van der Waals surface area (Å²) in [6.45, 7) is 5.03. The first-order chi connectivity index (χ1) is 11.7. The molecule has 0 fully saturated rings. The zero-order chi connectivity index (χ0) is 17.2. The molecule has 4 heteroatoms. The van der Waals surface area contributed by atoms with Crippen molar-refractivity contribution >= 4 is 11.6 Å². The van der Waals surface area contributed by atoms with E-state index in [0.29, 0.717) is 18.2 Å². The molecule has 3 nitrogen and oxygen atoms in total. The van der Waals surface area contributed by atoms with Crippen molar-refractivity contribution in [2.45, 2.75) is 19.3 Å². The Balaban J connectivity index is 1.70. The molecule has 2 aromatic rings. The van der Waals surface area contributed by atoms with E-state index in [9.17, 15) is 0 Å². The molecule has 0 N–H and O–H groups in total. The smallest absolute Gasteiger partial charge is 0.161 e. The fourth-order valence-corrected chi connectivity index (χ4v) is 2.36. The molecule has 0 aliphatic rings. The summed E-state index contributed by atoms with van der Waals surface area (Å²) in [5, 5.41) is 0.712. The molecule has 2 aromatic carbocycles. The van der Waals surface area contributed by atoms with Crippen LogP contribution in [0.25, 0.3) is 0 Å². The van der Waals surface area contributed by atoms with Gasteiger partial charge in [0.1, 0.15) is 5.75 Å². The number of hydrogen-bond donors (Lipinski definition) is 0. The molecule has 0 unspecified atom stereocenters. The van der Waals surface area contributed by atoms with Crippen molar-refractivity contribution in [2.75, 3.05) is 20.3 Å². The van der Waals surface area contributed by atoms with Gasteiger partial charge in [-0.3, -0.25) is 0 Å². The van der Waals surface area contributed by atoms with Crippen LogP contribution in [0.1, 0.15) is 18.4 Å². The largest absolute Gasteiger partial charge is 0.494 e. The number of rotatable bonds is 10. The van der Waals surface area contributed by atoms with Crippen LogP contribution in [0, 0.1) is 0 Å². The van der Waals surface area contributed by atoms with Crippen LogP contribution in [0.5, 0.6) is 17.2 Å². The van der Waals surface area contributed by atoms with Gasteiger partial charge in [0.15, 0.2) is 11.5 Å². The lowest BCUT2D eigenvalue weighted by molar-refractivity contribution is 0.258. The van der Waals surface area contributed by atoms with Crippen molar-refractivity contribution in [3.8, 4) is 17.2 Å². The van der Waals surface area contributed by atoms with Crippen LogP contribution in [-0.4, -0.2) is 20.3 Å². The maximum atomic E-state index is 5.84. The maximum Gasteiger partial charge on any atom is 0.161 e. The van der Waals surface area contributed by atoms with Gasteiger partial charge in [0.2, 0.25) is 0 Å². The van der Waals surface area contributed by atoms with Gasteiger partial charge in [-0.25, -0.2) is 0 Å². The quantitative estimate of drug-likeness (QED) is 0.430. The molecule has 0 heterocycles. The van der Waals surface area contributed by atoms with Crippen molar-refractivity contribution in [1.29, 1.82) is 0 Å². The standard InChI is InChI=1S/C20H23ClO3/c1-3-6-16-7-12-19(20(15-16)22-2)24-14-5-4-13-23-18-10-8-17(21)9-11-18/h3,7-12,15H,1,4-6,13-14H2,2H3. The number of ether oxygens (including phenoxy) is 3. The molecule has 2 rings (SSSR count). The summed E-state index contributed by atoms with van der Waals surface area (Å²) in [5.41, 5.74) is 1.16. The number of methoxy groups -OCH3 is 1. The predicted octanol–water partition coefficient (Wildman–Crippen LogP) is 5.32. The second kappa shape index (κ2) is 9.89. The van der Waals surface area contributed by atoms with Crippen LogP contribution in [0.2, 0.25) is 5.02 Å².